The summed E-state index contributed by atoms with van der Waals surface area (Å²) in [6, 6.07) is 13.3. The molecule has 7 nitrogen and oxygen atoms in total. The van der Waals surface area contributed by atoms with E-state index in [2.05, 4.69) is 5.32 Å². The summed E-state index contributed by atoms with van der Waals surface area (Å²) in [5.74, 6) is 0.836. The Labute approximate surface area is 165 Å². The van der Waals surface area contributed by atoms with E-state index in [1.165, 1.54) is 18.5 Å². The summed E-state index contributed by atoms with van der Waals surface area (Å²) in [6.07, 6.45) is 1.11. The van der Waals surface area contributed by atoms with Gasteiger partial charge in [-0.15, -0.1) is 0 Å². The molecule has 1 aliphatic heterocycles. The lowest BCUT2D eigenvalue weighted by Gasteiger charge is -2.31. The number of hydrogen-bond acceptors (Lipinski definition) is 5. The maximum atomic E-state index is 12.7. The largest absolute Gasteiger partial charge is 0.497 e. The van der Waals surface area contributed by atoms with Crippen LogP contribution in [0.3, 0.4) is 0 Å². The van der Waals surface area contributed by atoms with Crippen molar-refractivity contribution >= 4 is 15.9 Å². The van der Waals surface area contributed by atoms with Crippen molar-refractivity contribution in [3.05, 3.63) is 54.1 Å². The molecule has 1 saturated heterocycles. The molecule has 1 amide bonds. The molecule has 3 rings (SSSR count). The zero-order valence-electron chi connectivity index (χ0n) is 15.9. The number of amides is 1. The second kappa shape index (κ2) is 8.62. The molecular formula is C20H24N2O5S. The van der Waals surface area contributed by atoms with Crippen LogP contribution in [0.1, 0.15) is 23.2 Å². The van der Waals surface area contributed by atoms with Crippen LogP contribution in [-0.4, -0.2) is 52.0 Å². The first-order valence-corrected chi connectivity index (χ1v) is 10.5. The number of methoxy groups -OCH3 is 2. The molecular weight excluding hydrogens is 380 g/mol. The Kier molecular flexibility index (Phi) is 6.21. The van der Waals surface area contributed by atoms with Crippen LogP contribution in [0.2, 0.25) is 0 Å². The number of sulfonamides is 1. The zero-order valence-corrected chi connectivity index (χ0v) is 16.7. The molecule has 0 bridgehead atoms. The normalized spacial score (nSPS) is 15.8. The maximum absolute atomic E-state index is 12.7. The number of hydrogen-bond donors (Lipinski definition) is 1. The highest BCUT2D eigenvalue weighted by Gasteiger charge is 2.30. The minimum Gasteiger partial charge on any atom is -0.497 e. The third-order valence-corrected chi connectivity index (χ3v) is 6.70. The molecule has 0 aliphatic carbocycles. The summed E-state index contributed by atoms with van der Waals surface area (Å²) in [7, 11) is -0.442. The van der Waals surface area contributed by atoms with Crippen LogP contribution in [0.15, 0.2) is 53.4 Å². The van der Waals surface area contributed by atoms with Crippen LogP contribution in [-0.2, 0) is 10.0 Å². The number of carbonyl (C=O) groups excluding carboxylic acids is 1. The lowest BCUT2D eigenvalue weighted by Crippen LogP contribution is -2.46. The third kappa shape index (κ3) is 4.45. The van der Waals surface area contributed by atoms with E-state index < -0.39 is 10.0 Å². The summed E-state index contributed by atoms with van der Waals surface area (Å²) in [6.45, 7) is 0.729. The Hall–Kier alpha value is -2.58. The van der Waals surface area contributed by atoms with E-state index in [9.17, 15) is 13.2 Å². The van der Waals surface area contributed by atoms with Gasteiger partial charge in [0.1, 0.15) is 11.5 Å². The van der Waals surface area contributed by atoms with Crippen LogP contribution < -0.4 is 14.8 Å². The minimum atomic E-state index is -3.50. The SMILES string of the molecule is COc1cc(OC)cc(C(=O)NC2CCN(S(=O)(=O)c3ccccc3)CC2)c1. The summed E-state index contributed by atoms with van der Waals surface area (Å²) in [4.78, 5) is 12.9. The van der Waals surface area contributed by atoms with E-state index in [1.54, 1.807) is 48.5 Å². The van der Waals surface area contributed by atoms with Crippen molar-refractivity contribution in [2.24, 2.45) is 0 Å². The monoisotopic (exact) mass is 404 g/mol. The highest BCUT2D eigenvalue weighted by atomic mass is 32.2. The Morgan fingerprint density at radius 3 is 2.11 bits per heavy atom. The lowest BCUT2D eigenvalue weighted by molar-refractivity contribution is 0.0923. The Morgan fingerprint density at radius 1 is 1.00 bits per heavy atom. The number of nitrogens with one attached hydrogen (secondary N) is 1. The maximum Gasteiger partial charge on any atom is 0.251 e. The van der Waals surface area contributed by atoms with Crippen molar-refractivity contribution in [1.29, 1.82) is 0 Å². The van der Waals surface area contributed by atoms with Gasteiger partial charge in [-0.05, 0) is 37.1 Å². The number of carbonyl (C=O) groups is 1. The molecule has 1 fully saturated rings. The third-order valence-electron chi connectivity index (χ3n) is 4.78. The van der Waals surface area contributed by atoms with Crippen LogP contribution in [0.5, 0.6) is 11.5 Å². The molecule has 1 N–H and O–H groups in total. The van der Waals surface area contributed by atoms with E-state index in [4.69, 9.17) is 9.47 Å². The molecule has 0 aromatic heterocycles. The lowest BCUT2D eigenvalue weighted by atomic mass is 10.1. The van der Waals surface area contributed by atoms with Gasteiger partial charge in [0.25, 0.3) is 5.91 Å². The van der Waals surface area contributed by atoms with Gasteiger partial charge in [-0.1, -0.05) is 18.2 Å². The van der Waals surface area contributed by atoms with Crippen LogP contribution >= 0.6 is 0 Å². The molecule has 0 spiro atoms. The van der Waals surface area contributed by atoms with E-state index in [0.29, 0.717) is 47.9 Å². The number of rotatable bonds is 6. The van der Waals surface area contributed by atoms with Crippen molar-refractivity contribution < 1.29 is 22.7 Å². The Bertz CT molecular complexity index is 901. The average molecular weight is 404 g/mol. The fourth-order valence-electron chi connectivity index (χ4n) is 3.19. The first-order valence-electron chi connectivity index (χ1n) is 9.03. The van der Waals surface area contributed by atoms with Crippen molar-refractivity contribution in [2.75, 3.05) is 27.3 Å². The molecule has 0 unspecified atom stereocenters. The predicted octanol–water partition coefficient (Wildman–Crippen LogP) is 2.29. The second-order valence-electron chi connectivity index (χ2n) is 6.57. The van der Waals surface area contributed by atoms with Crippen molar-refractivity contribution in [3.63, 3.8) is 0 Å². The van der Waals surface area contributed by atoms with Gasteiger partial charge < -0.3 is 14.8 Å². The minimum absolute atomic E-state index is 0.0908. The molecule has 8 heteroatoms. The topological polar surface area (TPSA) is 84.9 Å². The fraction of sp³-hybridized carbons (Fsp3) is 0.350. The van der Waals surface area contributed by atoms with Gasteiger partial charge in [-0.3, -0.25) is 4.79 Å². The summed E-state index contributed by atoms with van der Waals surface area (Å²) < 4.78 is 37.2. The van der Waals surface area contributed by atoms with Gasteiger partial charge in [0.2, 0.25) is 10.0 Å². The fourth-order valence-corrected chi connectivity index (χ4v) is 4.68. The van der Waals surface area contributed by atoms with Gasteiger partial charge >= 0.3 is 0 Å². The smallest absolute Gasteiger partial charge is 0.251 e. The van der Waals surface area contributed by atoms with Crippen LogP contribution in [0.4, 0.5) is 0 Å². The average Bonchev–Trinajstić information content (AvgIpc) is 2.74. The number of benzene rings is 2. The molecule has 1 aliphatic rings. The van der Waals surface area contributed by atoms with Gasteiger partial charge in [0.15, 0.2) is 0 Å². The van der Waals surface area contributed by atoms with E-state index in [0.717, 1.165) is 0 Å². The molecule has 150 valence electrons. The zero-order chi connectivity index (χ0) is 20.1. The van der Waals surface area contributed by atoms with E-state index in [1.807, 2.05) is 0 Å². The number of ether oxygens (including phenoxy) is 2. The molecule has 1 heterocycles. The van der Waals surface area contributed by atoms with Crippen LogP contribution in [0, 0.1) is 0 Å². The molecule has 0 atom stereocenters. The van der Waals surface area contributed by atoms with Gasteiger partial charge in [0.05, 0.1) is 19.1 Å². The van der Waals surface area contributed by atoms with Gasteiger partial charge in [0, 0.05) is 30.8 Å². The predicted molar refractivity (Wildman–Crippen MR) is 105 cm³/mol. The van der Waals surface area contributed by atoms with E-state index in [-0.39, 0.29) is 11.9 Å². The quantitative estimate of drug-likeness (QED) is 0.799. The highest BCUT2D eigenvalue weighted by molar-refractivity contribution is 7.89. The van der Waals surface area contributed by atoms with Crippen molar-refractivity contribution in [3.8, 4) is 11.5 Å². The van der Waals surface area contributed by atoms with Gasteiger partial charge in [-0.2, -0.15) is 4.31 Å². The standard InChI is InChI=1S/C20H24N2O5S/c1-26-17-12-15(13-18(14-17)27-2)20(23)21-16-8-10-22(11-9-16)28(24,25)19-6-4-3-5-7-19/h3-7,12-14,16H,8-11H2,1-2H3,(H,21,23). The van der Waals surface area contributed by atoms with Gasteiger partial charge in [-0.25, -0.2) is 8.42 Å². The number of piperidine rings is 1. The van der Waals surface area contributed by atoms with Crippen molar-refractivity contribution in [2.45, 2.75) is 23.8 Å². The highest BCUT2D eigenvalue weighted by Crippen LogP contribution is 2.24. The number of nitrogens with zero attached hydrogens (tertiary/aromatic N) is 1. The molecule has 0 saturated carbocycles. The first-order chi connectivity index (χ1) is 13.4. The Balaban J connectivity index is 1.62. The second-order valence-corrected chi connectivity index (χ2v) is 8.50. The molecule has 2 aromatic carbocycles. The van der Waals surface area contributed by atoms with E-state index >= 15 is 0 Å². The van der Waals surface area contributed by atoms with Crippen molar-refractivity contribution in [1.82, 2.24) is 9.62 Å². The molecule has 2 aromatic rings. The summed E-state index contributed by atoms with van der Waals surface area (Å²) in [5, 5.41) is 2.98. The summed E-state index contributed by atoms with van der Waals surface area (Å²) in [5.41, 5.74) is 0.440. The molecule has 28 heavy (non-hydrogen) atoms. The summed E-state index contributed by atoms with van der Waals surface area (Å²) >= 11 is 0. The Morgan fingerprint density at radius 2 is 1.57 bits per heavy atom. The first kappa shape index (κ1) is 20.2. The molecule has 0 radical (unpaired) electrons. The van der Waals surface area contributed by atoms with Crippen LogP contribution in [0.25, 0.3) is 0 Å².